The molecule has 0 fully saturated rings. The largest absolute Gasteiger partial charge is 0.496 e. The number of nitrogens with one attached hydrogen (secondary N) is 1. The van der Waals surface area contributed by atoms with E-state index in [2.05, 4.69) is 26.8 Å². The number of methoxy groups -OCH3 is 2. The van der Waals surface area contributed by atoms with Crippen LogP contribution in [0.5, 0.6) is 5.75 Å². The first-order chi connectivity index (χ1) is 8.51. The second-order valence-corrected chi connectivity index (χ2v) is 4.62. The fraction of sp³-hybridized carbons (Fsp3) is 0.533. The molecule has 0 heterocycles. The van der Waals surface area contributed by atoms with Crippen molar-refractivity contribution in [2.75, 3.05) is 14.2 Å². The predicted octanol–water partition coefficient (Wildman–Crippen LogP) is 3.57. The van der Waals surface area contributed by atoms with E-state index in [1.54, 1.807) is 14.2 Å². The summed E-state index contributed by atoms with van der Waals surface area (Å²) < 4.78 is 10.3. The normalized spacial score (nSPS) is 10.3. The zero-order valence-corrected chi connectivity index (χ0v) is 12.0. The summed E-state index contributed by atoms with van der Waals surface area (Å²) >= 11 is 0. The second kappa shape index (κ2) is 6.43. The van der Waals surface area contributed by atoms with Gasteiger partial charge in [0.2, 0.25) is 0 Å². The Hall–Kier alpha value is -1.51. The van der Waals surface area contributed by atoms with Gasteiger partial charge in [0.1, 0.15) is 5.75 Å². The molecule has 0 aromatic heterocycles. The van der Waals surface area contributed by atoms with Gasteiger partial charge in [-0.15, -0.1) is 0 Å². The molecule has 0 aliphatic rings. The molecule has 0 atom stereocenters. The Bertz CT molecular complexity index is 439. The van der Waals surface area contributed by atoms with Crippen LogP contribution in [0.1, 0.15) is 35.1 Å². The maximum Gasteiger partial charge on any atom is 0.180 e. The van der Waals surface area contributed by atoms with Gasteiger partial charge in [0.15, 0.2) is 5.90 Å². The molecule has 18 heavy (non-hydrogen) atoms. The van der Waals surface area contributed by atoms with Gasteiger partial charge in [0, 0.05) is 6.42 Å². The van der Waals surface area contributed by atoms with Crippen LogP contribution in [-0.4, -0.2) is 20.1 Å². The van der Waals surface area contributed by atoms with E-state index in [9.17, 15) is 0 Å². The van der Waals surface area contributed by atoms with E-state index in [0.29, 0.717) is 12.3 Å². The van der Waals surface area contributed by atoms with Crippen molar-refractivity contribution in [3.05, 3.63) is 28.3 Å². The molecule has 0 aliphatic heterocycles. The molecule has 0 saturated carbocycles. The number of ether oxygens (including phenoxy) is 2. The summed E-state index contributed by atoms with van der Waals surface area (Å²) in [5.41, 5.74) is 5.03. The Kier molecular flexibility index (Phi) is 5.20. The molecule has 3 nitrogen and oxygen atoms in total. The van der Waals surface area contributed by atoms with Gasteiger partial charge in [-0.3, -0.25) is 5.41 Å². The minimum atomic E-state index is 0.356. The standard InChI is InChI=1S/C15H23NO2/c1-10-9-13(7-6-8-14(16)17-4)11(2)12(3)15(10)18-5/h9,16H,6-8H2,1-5H3. The molecule has 1 aromatic rings. The first-order valence-corrected chi connectivity index (χ1v) is 6.26. The predicted molar refractivity (Wildman–Crippen MR) is 74.9 cm³/mol. The highest BCUT2D eigenvalue weighted by Crippen LogP contribution is 2.29. The molecule has 1 rings (SSSR count). The topological polar surface area (TPSA) is 42.3 Å². The highest BCUT2D eigenvalue weighted by Gasteiger charge is 2.10. The van der Waals surface area contributed by atoms with Gasteiger partial charge in [-0.2, -0.15) is 0 Å². The quantitative estimate of drug-likeness (QED) is 0.640. The molecule has 0 aliphatic carbocycles. The molecular formula is C15H23NO2. The van der Waals surface area contributed by atoms with Crippen LogP contribution in [0.3, 0.4) is 0 Å². The number of hydrogen-bond donors (Lipinski definition) is 1. The smallest absolute Gasteiger partial charge is 0.180 e. The van der Waals surface area contributed by atoms with E-state index < -0.39 is 0 Å². The van der Waals surface area contributed by atoms with Crippen LogP contribution in [0.15, 0.2) is 6.07 Å². The van der Waals surface area contributed by atoms with Crippen molar-refractivity contribution < 1.29 is 9.47 Å². The lowest BCUT2D eigenvalue weighted by atomic mass is 9.95. The summed E-state index contributed by atoms with van der Waals surface area (Å²) in [7, 11) is 3.27. The average Bonchev–Trinajstić information content (AvgIpc) is 2.35. The lowest BCUT2D eigenvalue weighted by molar-refractivity contribution is 0.384. The van der Waals surface area contributed by atoms with Crippen LogP contribution in [-0.2, 0) is 11.2 Å². The minimum absolute atomic E-state index is 0.356. The van der Waals surface area contributed by atoms with Crippen LogP contribution in [0, 0.1) is 26.2 Å². The number of hydrogen-bond acceptors (Lipinski definition) is 3. The first kappa shape index (κ1) is 14.6. The number of rotatable bonds is 5. The van der Waals surface area contributed by atoms with Gasteiger partial charge in [0.05, 0.1) is 14.2 Å². The zero-order chi connectivity index (χ0) is 13.7. The van der Waals surface area contributed by atoms with Crippen molar-refractivity contribution in [3.8, 4) is 5.75 Å². The molecule has 0 radical (unpaired) electrons. The number of aryl methyl sites for hydroxylation is 2. The summed E-state index contributed by atoms with van der Waals surface area (Å²) in [4.78, 5) is 0. The third-order valence-corrected chi connectivity index (χ3v) is 3.43. The van der Waals surface area contributed by atoms with Crippen LogP contribution < -0.4 is 4.74 Å². The van der Waals surface area contributed by atoms with E-state index in [4.69, 9.17) is 14.9 Å². The Morgan fingerprint density at radius 1 is 1.17 bits per heavy atom. The SMILES string of the molecule is COC(=N)CCCc1cc(C)c(OC)c(C)c1C. The van der Waals surface area contributed by atoms with Gasteiger partial charge in [0.25, 0.3) is 0 Å². The summed E-state index contributed by atoms with van der Waals surface area (Å²) in [6, 6.07) is 2.19. The third-order valence-electron chi connectivity index (χ3n) is 3.43. The van der Waals surface area contributed by atoms with E-state index in [-0.39, 0.29) is 0 Å². The highest BCUT2D eigenvalue weighted by molar-refractivity contribution is 5.72. The molecule has 0 bridgehead atoms. The maximum absolute atomic E-state index is 7.46. The molecule has 1 aromatic carbocycles. The van der Waals surface area contributed by atoms with Gasteiger partial charge < -0.3 is 9.47 Å². The minimum Gasteiger partial charge on any atom is -0.496 e. The molecule has 100 valence electrons. The van der Waals surface area contributed by atoms with Crippen LogP contribution in [0.4, 0.5) is 0 Å². The molecule has 1 N–H and O–H groups in total. The summed E-state index contributed by atoms with van der Waals surface area (Å²) in [6.45, 7) is 6.31. The highest BCUT2D eigenvalue weighted by atomic mass is 16.5. The van der Waals surface area contributed by atoms with E-state index >= 15 is 0 Å². The van der Waals surface area contributed by atoms with Gasteiger partial charge in [-0.05, 0) is 55.9 Å². The summed E-state index contributed by atoms with van der Waals surface area (Å²) in [6.07, 6.45) is 2.61. The fourth-order valence-electron chi connectivity index (χ4n) is 2.26. The van der Waals surface area contributed by atoms with E-state index in [0.717, 1.165) is 18.6 Å². The Morgan fingerprint density at radius 3 is 2.39 bits per heavy atom. The zero-order valence-electron chi connectivity index (χ0n) is 12.0. The van der Waals surface area contributed by atoms with Gasteiger partial charge in [-0.1, -0.05) is 6.07 Å². The Labute approximate surface area is 110 Å². The third kappa shape index (κ3) is 3.25. The van der Waals surface area contributed by atoms with E-state index in [1.165, 1.54) is 22.3 Å². The average molecular weight is 249 g/mol. The molecular weight excluding hydrogens is 226 g/mol. The fourth-order valence-corrected chi connectivity index (χ4v) is 2.26. The Balaban J connectivity index is 2.81. The first-order valence-electron chi connectivity index (χ1n) is 6.26. The molecule has 0 unspecified atom stereocenters. The van der Waals surface area contributed by atoms with Gasteiger partial charge >= 0.3 is 0 Å². The van der Waals surface area contributed by atoms with Crippen LogP contribution in [0.25, 0.3) is 0 Å². The lowest BCUT2D eigenvalue weighted by Gasteiger charge is -2.15. The van der Waals surface area contributed by atoms with Crippen molar-refractivity contribution >= 4 is 5.90 Å². The monoisotopic (exact) mass is 249 g/mol. The maximum atomic E-state index is 7.46. The summed E-state index contributed by atoms with van der Waals surface area (Å²) in [5, 5.41) is 7.46. The lowest BCUT2D eigenvalue weighted by Crippen LogP contribution is -2.02. The molecule has 0 saturated heterocycles. The van der Waals surface area contributed by atoms with Crippen molar-refractivity contribution in [1.29, 1.82) is 5.41 Å². The van der Waals surface area contributed by atoms with E-state index in [1.807, 2.05) is 0 Å². The van der Waals surface area contributed by atoms with Crippen LogP contribution >= 0.6 is 0 Å². The van der Waals surface area contributed by atoms with Crippen molar-refractivity contribution in [3.63, 3.8) is 0 Å². The van der Waals surface area contributed by atoms with Gasteiger partial charge in [-0.25, -0.2) is 0 Å². The van der Waals surface area contributed by atoms with Crippen LogP contribution in [0.2, 0.25) is 0 Å². The van der Waals surface area contributed by atoms with Crippen molar-refractivity contribution in [1.82, 2.24) is 0 Å². The summed E-state index contributed by atoms with van der Waals surface area (Å²) in [5.74, 6) is 1.34. The second-order valence-electron chi connectivity index (χ2n) is 4.62. The molecule has 0 spiro atoms. The van der Waals surface area contributed by atoms with Crippen molar-refractivity contribution in [2.24, 2.45) is 0 Å². The molecule has 3 heteroatoms. The number of benzene rings is 1. The molecule has 0 amide bonds. The Morgan fingerprint density at radius 2 is 1.83 bits per heavy atom. The van der Waals surface area contributed by atoms with Crippen molar-refractivity contribution in [2.45, 2.75) is 40.0 Å².